The van der Waals surface area contributed by atoms with Crippen LogP contribution in [0.2, 0.25) is 0 Å². The summed E-state index contributed by atoms with van der Waals surface area (Å²) in [6.07, 6.45) is 29.6. The molecule has 12 heteroatoms. The molecule has 0 aromatic heterocycles. The largest absolute Gasteiger partial charge is 0.494 e. The highest BCUT2D eigenvalue weighted by Gasteiger charge is 2.17. The summed E-state index contributed by atoms with van der Waals surface area (Å²) >= 11 is 0. The molecule has 0 aliphatic carbocycles. The first kappa shape index (κ1) is 54.7. The molecule has 3 N–H and O–H groups in total. The SMILES string of the molecule is C=Cc1ccc(OCCCCCCCCCCC(=O)OC(CO)COC(=O)CCCCCCCCCCCCCCCCC)cc1.C[N+](C)(C)CCOP(=O)(O)O. The predicted octanol–water partition coefficient (Wildman–Crippen LogP) is 10.7. The third kappa shape index (κ3) is 40.3. The van der Waals surface area contributed by atoms with Crippen molar-refractivity contribution >= 4 is 25.8 Å². The van der Waals surface area contributed by atoms with E-state index in [1.54, 1.807) is 0 Å². The average Bonchev–Trinajstić information content (AvgIpc) is 3.16. The number of benzene rings is 1. The second-order valence-electron chi connectivity index (χ2n) is 16.2. The maximum atomic E-state index is 12.2. The Bertz CT molecular complexity index is 1150. The second-order valence-corrected chi connectivity index (χ2v) is 17.5. The number of phosphoric ester groups is 1. The van der Waals surface area contributed by atoms with E-state index in [0.717, 1.165) is 75.7 Å². The van der Waals surface area contributed by atoms with Crippen molar-refractivity contribution < 1.29 is 52.3 Å². The van der Waals surface area contributed by atoms with Crippen LogP contribution in [0.15, 0.2) is 30.8 Å². The van der Waals surface area contributed by atoms with E-state index in [2.05, 4.69) is 18.0 Å². The summed E-state index contributed by atoms with van der Waals surface area (Å²) in [4.78, 5) is 40.8. The molecular weight excluding hydrogens is 745 g/mol. The van der Waals surface area contributed by atoms with Gasteiger partial charge in [-0.2, -0.15) is 0 Å². The molecule has 1 rings (SSSR count). The van der Waals surface area contributed by atoms with Gasteiger partial charge in [0.1, 0.15) is 25.5 Å². The predicted molar refractivity (Wildman–Crippen MR) is 232 cm³/mol. The quantitative estimate of drug-likeness (QED) is 0.0256. The minimum Gasteiger partial charge on any atom is -0.494 e. The Labute approximate surface area is 347 Å². The van der Waals surface area contributed by atoms with Gasteiger partial charge in [-0.1, -0.05) is 160 Å². The van der Waals surface area contributed by atoms with E-state index >= 15 is 0 Å². The number of aliphatic hydroxyl groups is 1. The second kappa shape index (κ2) is 36.8. The Morgan fingerprint density at radius 2 is 1.12 bits per heavy atom. The minimum atomic E-state index is -4.26. The zero-order valence-corrected chi connectivity index (χ0v) is 37.4. The molecule has 1 aromatic rings. The number of likely N-dealkylation sites (N-methyl/N-ethyl adjacent to an activating group) is 1. The molecule has 0 bridgehead atoms. The smallest absolute Gasteiger partial charge is 0.469 e. The molecule has 0 heterocycles. The highest BCUT2D eigenvalue weighted by atomic mass is 31.2. The van der Waals surface area contributed by atoms with Crippen molar-refractivity contribution in [3.8, 4) is 5.75 Å². The molecule has 0 aliphatic rings. The molecule has 0 aliphatic heterocycles. The van der Waals surface area contributed by atoms with E-state index in [-0.39, 0.29) is 31.8 Å². The Balaban J connectivity index is 0.00000246. The van der Waals surface area contributed by atoms with Crippen LogP contribution in [0.5, 0.6) is 5.75 Å². The number of nitrogens with zero attached hydrogens (tertiary/aromatic N) is 1. The number of aliphatic hydroxyl groups excluding tert-OH is 1. The molecule has 11 nitrogen and oxygen atoms in total. The zero-order valence-electron chi connectivity index (χ0n) is 36.5. The van der Waals surface area contributed by atoms with Gasteiger partial charge in [0.25, 0.3) is 0 Å². The van der Waals surface area contributed by atoms with Crippen LogP contribution in [0.4, 0.5) is 0 Å². The summed E-state index contributed by atoms with van der Waals surface area (Å²) in [5.41, 5.74) is 1.09. The maximum Gasteiger partial charge on any atom is 0.469 e. The van der Waals surface area contributed by atoms with E-state index < -0.39 is 13.9 Å². The lowest BCUT2D eigenvalue weighted by Gasteiger charge is -2.23. The zero-order chi connectivity index (χ0) is 42.5. The molecule has 57 heavy (non-hydrogen) atoms. The van der Waals surface area contributed by atoms with Gasteiger partial charge in [-0.25, -0.2) is 4.57 Å². The van der Waals surface area contributed by atoms with Crippen molar-refractivity contribution in [2.75, 3.05) is 54.1 Å². The highest BCUT2D eigenvalue weighted by molar-refractivity contribution is 7.46. The first-order chi connectivity index (χ1) is 27.3. The van der Waals surface area contributed by atoms with Gasteiger partial charge in [0.05, 0.1) is 34.4 Å². The normalized spacial score (nSPS) is 12.1. The average molecular weight is 829 g/mol. The Morgan fingerprint density at radius 1 is 0.684 bits per heavy atom. The van der Waals surface area contributed by atoms with Gasteiger partial charge < -0.3 is 33.6 Å². The van der Waals surface area contributed by atoms with Crippen LogP contribution >= 0.6 is 7.82 Å². The van der Waals surface area contributed by atoms with Crippen molar-refractivity contribution in [2.24, 2.45) is 0 Å². The fourth-order valence-corrected chi connectivity index (χ4v) is 6.34. The number of quaternary nitrogens is 1. The Hall–Kier alpha value is -2.27. The van der Waals surface area contributed by atoms with E-state index in [4.69, 9.17) is 24.0 Å². The van der Waals surface area contributed by atoms with Crippen molar-refractivity contribution in [1.29, 1.82) is 0 Å². The third-order valence-electron chi connectivity index (χ3n) is 9.60. The number of unbranched alkanes of at least 4 members (excludes halogenated alkanes) is 21. The number of hydrogen-bond donors (Lipinski definition) is 3. The van der Waals surface area contributed by atoms with Gasteiger partial charge in [0.2, 0.25) is 0 Å². The molecule has 1 aromatic carbocycles. The van der Waals surface area contributed by atoms with Gasteiger partial charge in [0.15, 0.2) is 6.10 Å². The molecule has 0 spiro atoms. The van der Waals surface area contributed by atoms with E-state index in [1.807, 2.05) is 51.5 Å². The van der Waals surface area contributed by atoms with Crippen molar-refractivity contribution in [2.45, 2.75) is 174 Å². The minimum absolute atomic E-state index is 0.0769. The summed E-state index contributed by atoms with van der Waals surface area (Å²) in [6.45, 7) is 7.00. The summed E-state index contributed by atoms with van der Waals surface area (Å²) in [5, 5.41) is 9.55. The number of rotatable bonds is 37. The molecule has 0 radical (unpaired) electrons. The van der Waals surface area contributed by atoms with Crippen LogP contribution in [-0.4, -0.2) is 91.5 Å². The standard InChI is InChI=1S/C40H68O6.C5H14NO4P/c1-3-5-6-7-8-9-10-11-12-13-14-15-18-21-24-27-39(42)45-35-38(34-41)46-40(43)28-25-22-19-16-17-20-23-26-33-44-37-31-29-36(4-2)30-32-37;1-6(2,3)4-5-10-11(7,8)9/h4,29-32,38,41H,2-3,5-28,33-35H2,1H3;4-5H2,1-3H3,(H-,7,8,9)/p+1. The number of carbonyl (C=O) groups excluding carboxylic acids is 2. The number of carbonyl (C=O) groups is 2. The number of hydrogen-bond acceptors (Lipinski definition) is 8. The molecule has 0 fully saturated rings. The van der Waals surface area contributed by atoms with Crippen LogP contribution in [-0.2, 0) is 28.2 Å². The lowest BCUT2D eigenvalue weighted by Crippen LogP contribution is -2.37. The van der Waals surface area contributed by atoms with Gasteiger partial charge in [-0.3, -0.25) is 14.1 Å². The third-order valence-corrected chi connectivity index (χ3v) is 10.1. The van der Waals surface area contributed by atoms with Crippen LogP contribution in [0.1, 0.15) is 173 Å². The number of phosphoric acid groups is 1. The van der Waals surface area contributed by atoms with Crippen LogP contribution in [0.3, 0.4) is 0 Å². The van der Waals surface area contributed by atoms with E-state index in [1.165, 1.54) is 89.9 Å². The maximum absolute atomic E-state index is 12.2. The van der Waals surface area contributed by atoms with Gasteiger partial charge in [0, 0.05) is 12.8 Å². The molecular formula is C45H83NO10P+. The van der Waals surface area contributed by atoms with Gasteiger partial charge in [-0.15, -0.1) is 0 Å². The van der Waals surface area contributed by atoms with E-state index in [0.29, 0.717) is 23.9 Å². The van der Waals surface area contributed by atoms with Crippen LogP contribution < -0.4 is 4.74 Å². The Morgan fingerprint density at radius 3 is 1.54 bits per heavy atom. The molecule has 1 atom stereocenters. The molecule has 0 saturated heterocycles. The lowest BCUT2D eigenvalue weighted by atomic mass is 10.0. The van der Waals surface area contributed by atoms with Crippen molar-refractivity contribution in [3.05, 3.63) is 36.4 Å². The molecule has 332 valence electrons. The summed E-state index contributed by atoms with van der Waals surface area (Å²) in [7, 11) is 1.50. The summed E-state index contributed by atoms with van der Waals surface area (Å²) in [6, 6.07) is 7.97. The van der Waals surface area contributed by atoms with Crippen molar-refractivity contribution in [1.82, 2.24) is 0 Å². The molecule has 0 amide bonds. The molecule has 0 saturated carbocycles. The van der Waals surface area contributed by atoms with Gasteiger partial charge >= 0.3 is 19.8 Å². The highest BCUT2D eigenvalue weighted by Crippen LogP contribution is 2.35. The fourth-order valence-electron chi connectivity index (χ4n) is 6.02. The first-order valence-electron chi connectivity index (χ1n) is 22.1. The summed E-state index contributed by atoms with van der Waals surface area (Å²) in [5.74, 6) is 0.285. The topological polar surface area (TPSA) is 149 Å². The van der Waals surface area contributed by atoms with Crippen LogP contribution in [0, 0.1) is 0 Å². The van der Waals surface area contributed by atoms with Crippen molar-refractivity contribution in [3.63, 3.8) is 0 Å². The van der Waals surface area contributed by atoms with Crippen LogP contribution in [0.25, 0.3) is 6.08 Å². The summed E-state index contributed by atoms with van der Waals surface area (Å²) < 4.78 is 31.4. The Kier molecular flexibility index (Phi) is 35.3. The lowest BCUT2D eigenvalue weighted by molar-refractivity contribution is -0.870. The number of ether oxygens (including phenoxy) is 3. The molecule has 1 unspecified atom stereocenters. The number of esters is 2. The monoisotopic (exact) mass is 829 g/mol. The van der Waals surface area contributed by atoms with E-state index in [9.17, 15) is 19.3 Å². The van der Waals surface area contributed by atoms with Gasteiger partial charge in [-0.05, 0) is 37.0 Å². The fraction of sp³-hybridized carbons (Fsp3) is 0.778. The first-order valence-corrected chi connectivity index (χ1v) is 23.6.